The van der Waals surface area contributed by atoms with Gasteiger partial charge in [0.25, 0.3) is 0 Å². The Hall–Kier alpha value is -6.24. The van der Waals surface area contributed by atoms with Crippen molar-refractivity contribution < 1.29 is 40.5 Å². The number of nitrogens with zero attached hydrogens (tertiary/aromatic N) is 10. The first kappa shape index (κ1) is 41.9. The largest absolute Gasteiger partial charge is 0.412 e. The van der Waals surface area contributed by atoms with Crippen molar-refractivity contribution in [1.82, 2.24) is 49.1 Å². The molecule has 302 valence electrons. The van der Waals surface area contributed by atoms with Crippen molar-refractivity contribution in [3.8, 4) is 33.9 Å². The van der Waals surface area contributed by atoms with Crippen LogP contribution in [-0.2, 0) is 9.47 Å². The first-order valence-electron chi connectivity index (χ1n) is 17.2. The summed E-state index contributed by atoms with van der Waals surface area (Å²) in [5.41, 5.74) is 14.0. The van der Waals surface area contributed by atoms with Crippen molar-refractivity contribution in [2.75, 3.05) is 31.8 Å². The summed E-state index contributed by atoms with van der Waals surface area (Å²) >= 11 is 0. The van der Waals surface area contributed by atoms with Gasteiger partial charge in [-0.25, -0.2) is 19.0 Å². The molecule has 2 aliphatic heterocycles. The molecular formula is C35H42N12O10. The maximum absolute atomic E-state index is 12.2. The maximum atomic E-state index is 12.2. The number of aliphatic hydroxyl groups is 5. The standard InChI is InChI=1S/2C17H18N6O4.CH4O.H2O/c2*18-16-11(12-8-23(21-20-12)10-4-2-1-3-5-10)7-22(17(26)19-16)15-6-13(25)14(9-24)27-15;1-2;/h2*1-5,7-8,13-15,24-25H,6,9H2,(H2,18,19,26);2H,1H3;1H2/t2*13-,14+,15+;;/m00../s1. The van der Waals surface area contributed by atoms with E-state index in [1.165, 1.54) is 21.5 Å². The third kappa shape index (κ3) is 9.09. The molecule has 0 amide bonds. The van der Waals surface area contributed by atoms with E-state index in [-0.39, 0.29) is 43.2 Å². The summed E-state index contributed by atoms with van der Waals surface area (Å²) in [5.74, 6) is 0.0437. The lowest BCUT2D eigenvalue weighted by atomic mass is 10.2. The zero-order valence-electron chi connectivity index (χ0n) is 30.4. The van der Waals surface area contributed by atoms with Gasteiger partial charge in [0.1, 0.15) is 47.7 Å². The van der Waals surface area contributed by atoms with Gasteiger partial charge in [-0.3, -0.25) is 9.13 Å². The summed E-state index contributed by atoms with van der Waals surface area (Å²) in [6, 6.07) is 18.8. The van der Waals surface area contributed by atoms with E-state index in [0.29, 0.717) is 22.5 Å². The van der Waals surface area contributed by atoms with Crippen LogP contribution in [0.25, 0.3) is 33.9 Å². The minimum absolute atomic E-state index is 0. The predicted octanol–water partition coefficient (Wildman–Crippen LogP) is -1.79. The quantitative estimate of drug-likeness (QED) is 0.0895. The van der Waals surface area contributed by atoms with Crippen LogP contribution in [0.5, 0.6) is 0 Å². The molecule has 8 rings (SSSR count). The number of hydrogen-bond donors (Lipinski definition) is 7. The molecule has 6 atom stereocenters. The van der Waals surface area contributed by atoms with Crippen LogP contribution < -0.4 is 22.8 Å². The summed E-state index contributed by atoms with van der Waals surface area (Å²) in [5, 5.41) is 61.7. The molecule has 4 aromatic heterocycles. The lowest BCUT2D eigenvalue weighted by Gasteiger charge is -2.15. The Bertz CT molecular complexity index is 2170. The van der Waals surface area contributed by atoms with Gasteiger partial charge in [-0.2, -0.15) is 9.97 Å². The van der Waals surface area contributed by atoms with Crippen LogP contribution in [-0.4, -0.2) is 125 Å². The summed E-state index contributed by atoms with van der Waals surface area (Å²) < 4.78 is 16.7. The topological polar surface area (TPSA) is 334 Å². The van der Waals surface area contributed by atoms with E-state index in [4.69, 9.17) is 26.0 Å². The third-order valence-corrected chi connectivity index (χ3v) is 8.93. The van der Waals surface area contributed by atoms with Gasteiger partial charge in [-0.1, -0.05) is 46.8 Å². The maximum Gasteiger partial charge on any atom is 0.351 e. The van der Waals surface area contributed by atoms with Gasteiger partial charge < -0.3 is 51.9 Å². The van der Waals surface area contributed by atoms with Crippen molar-refractivity contribution in [3.63, 3.8) is 0 Å². The average molecular weight is 791 g/mol. The molecule has 2 aliphatic rings. The molecule has 0 saturated carbocycles. The number of ether oxygens (including phenoxy) is 2. The number of aromatic nitrogens is 10. The highest BCUT2D eigenvalue weighted by molar-refractivity contribution is 5.70. The molecule has 6 aromatic rings. The van der Waals surface area contributed by atoms with E-state index in [1.54, 1.807) is 21.8 Å². The lowest BCUT2D eigenvalue weighted by molar-refractivity contribution is -0.0458. The monoisotopic (exact) mass is 790 g/mol. The van der Waals surface area contributed by atoms with Crippen molar-refractivity contribution in [3.05, 3.63) is 106 Å². The second kappa shape index (κ2) is 18.6. The lowest BCUT2D eigenvalue weighted by Crippen LogP contribution is -2.28. The average Bonchev–Trinajstić information content (AvgIpc) is 4.04. The van der Waals surface area contributed by atoms with Gasteiger partial charge in [0, 0.05) is 32.3 Å². The molecule has 0 bridgehead atoms. The summed E-state index contributed by atoms with van der Waals surface area (Å²) in [6.45, 7) is -0.680. The van der Waals surface area contributed by atoms with Crippen LogP contribution in [0.4, 0.5) is 11.6 Å². The Morgan fingerprint density at radius 2 is 1.02 bits per heavy atom. The van der Waals surface area contributed by atoms with Crippen LogP contribution >= 0.6 is 0 Å². The normalized spacial score (nSPS) is 21.2. The molecule has 0 radical (unpaired) electrons. The van der Waals surface area contributed by atoms with Gasteiger partial charge in [-0.15, -0.1) is 10.2 Å². The van der Waals surface area contributed by atoms with Crippen molar-refractivity contribution >= 4 is 11.6 Å². The van der Waals surface area contributed by atoms with Crippen LogP contribution in [0, 0.1) is 0 Å². The summed E-state index contributed by atoms with van der Waals surface area (Å²) in [4.78, 5) is 32.2. The predicted molar refractivity (Wildman–Crippen MR) is 202 cm³/mol. The highest BCUT2D eigenvalue weighted by Crippen LogP contribution is 2.31. The number of nitrogen functional groups attached to an aromatic ring is 2. The minimum Gasteiger partial charge on any atom is -0.412 e. The first-order chi connectivity index (χ1) is 27.1. The number of para-hydroxylation sites is 2. The fraction of sp³-hybridized carbons (Fsp3) is 0.314. The molecule has 2 saturated heterocycles. The highest BCUT2D eigenvalue weighted by atomic mass is 16.5. The number of benzene rings is 2. The number of rotatable bonds is 8. The first-order valence-corrected chi connectivity index (χ1v) is 17.2. The number of nitrogens with two attached hydrogens (primary N) is 2. The van der Waals surface area contributed by atoms with E-state index in [9.17, 15) is 30.0 Å². The molecule has 6 heterocycles. The number of aliphatic hydroxyl groups excluding tert-OH is 5. The minimum atomic E-state index is -0.869. The highest BCUT2D eigenvalue weighted by Gasteiger charge is 2.36. The Morgan fingerprint density at radius 3 is 1.35 bits per heavy atom. The molecule has 11 N–H and O–H groups in total. The smallest absolute Gasteiger partial charge is 0.351 e. The zero-order chi connectivity index (χ0) is 39.9. The zero-order valence-corrected chi connectivity index (χ0v) is 30.4. The van der Waals surface area contributed by atoms with Gasteiger partial charge >= 0.3 is 11.4 Å². The summed E-state index contributed by atoms with van der Waals surface area (Å²) in [6.07, 6.45) is 1.92. The molecule has 0 spiro atoms. The van der Waals surface area contributed by atoms with Gasteiger partial charge in [-0.05, 0) is 24.3 Å². The SMILES string of the molecule is CO.Nc1nc(=O)n([C@H]2C[C@H](O)[C@@H](CO)O2)cc1-c1cn(-c2ccccc2)nn1.Nc1nc(=O)n([C@H]2C[C@H](O)[C@@H](CO)O2)cc1-c1cn(-c2ccccc2)nn1.O. The fourth-order valence-corrected chi connectivity index (χ4v) is 6.06. The van der Waals surface area contributed by atoms with Crippen LogP contribution in [0.3, 0.4) is 0 Å². The third-order valence-electron chi connectivity index (χ3n) is 8.93. The molecule has 2 fully saturated rings. The van der Waals surface area contributed by atoms with Crippen LogP contribution in [0.2, 0.25) is 0 Å². The summed E-state index contributed by atoms with van der Waals surface area (Å²) in [7, 11) is 1.00. The van der Waals surface area contributed by atoms with E-state index in [2.05, 4.69) is 30.6 Å². The molecule has 2 aromatic carbocycles. The molecule has 22 heteroatoms. The van der Waals surface area contributed by atoms with Crippen LogP contribution in [0.15, 0.2) is 95.0 Å². The van der Waals surface area contributed by atoms with Gasteiger partial charge in [0.2, 0.25) is 0 Å². The van der Waals surface area contributed by atoms with E-state index < -0.39 is 48.3 Å². The molecule has 22 nitrogen and oxygen atoms in total. The molecule has 0 unspecified atom stereocenters. The second-order valence-corrected chi connectivity index (χ2v) is 12.5. The number of hydrogen-bond acceptors (Lipinski definition) is 17. The number of anilines is 2. The molecular weight excluding hydrogens is 748 g/mol. The van der Waals surface area contributed by atoms with Crippen molar-refractivity contribution in [2.24, 2.45) is 0 Å². The Balaban J connectivity index is 0.000000205. The Morgan fingerprint density at radius 1 is 0.649 bits per heavy atom. The van der Waals surface area contributed by atoms with Gasteiger partial charge in [0.15, 0.2) is 0 Å². The Kier molecular flexibility index (Phi) is 13.7. The molecule has 0 aliphatic carbocycles. The Labute approximate surface area is 322 Å². The second-order valence-electron chi connectivity index (χ2n) is 12.5. The fourth-order valence-electron chi connectivity index (χ4n) is 6.06. The van der Waals surface area contributed by atoms with E-state index >= 15 is 0 Å². The van der Waals surface area contributed by atoms with Crippen molar-refractivity contribution in [1.29, 1.82) is 0 Å². The van der Waals surface area contributed by atoms with E-state index in [1.807, 2.05) is 60.7 Å². The van der Waals surface area contributed by atoms with Crippen molar-refractivity contribution in [2.45, 2.75) is 49.7 Å². The molecule has 57 heavy (non-hydrogen) atoms. The van der Waals surface area contributed by atoms with E-state index in [0.717, 1.165) is 18.5 Å². The van der Waals surface area contributed by atoms with Crippen LogP contribution in [0.1, 0.15) is 25.3 Å². The van der Waals surface area contributed by atoms with Gasteiger partial charge in [0.05, 0.1) is 60.3 Å².